The minimum atomic E-state index is 0.328. The van der Waals surface area contributed by atoms with Crippen molar-refractivity contribution in [3.05, 3.63) is 57.0 Å². The molecule has 0 bridgehead atoms. The Bertz CT molecular complexity index is 667. The zero-order chi connectivity index (χ0) is 14.5. The first-order valence-electron chi connectivity index (χ1n) is 5.79. The lowest BCUT2D eigenvalue weighted by Gasteiger charge is -2.11. The molecule has 0 aliphatic heterocycles. The summed E-state index contributed by atoms with van der Waals surface area (Å²) in [4.78, 5) is 0. The summed E-state index contributed by atoms with van der Waals surface area (Å²) >= 11 is 9.49. The molecule has 0 amide bonds. The van der Waals surface area contributed by atoms with E-state index in [4.69, 9.17) is 26.3 Å². The van der Waals surface area contributed by atoms with Crippen molar-refractivity contribution < 1.29 is 9.47 Å². The maximum atomic E-state index is 8.85. The van der Waals surface area contributed by atoms with Crippen molar-refractivity contribution in [2.45, 2.75) is 6.61 Å². The molecule has 0 fully saturated rings. The molecule has 0 saturated heterocycles. The highest BCUT2D eigenvalue weighted by Crippen LogP contribution is 2.29. The third kappa shape index (κ3) is 3.44. The average molecular weight is 353 g/mol. The second-order valence-corrected chi connectivity index (χ2v) is 5.32. The molecule has 3 nitrogen and oxygen atoms in total. The predicted molar refractivity (Wildman–Crippen MR) is 81.2 cm³/mol. The van der Waals surface area contributed by atoms with E-state index in [1.165, 1.54) is 7.11 Å². The Kier molecular flexibility index (Phi) is 4.89. The van der Waals surface area contributed by atoms with Crippen molar-refractivity contribution in [2.75, 3.05) is 7.11 Å². The van der Waals surface area contributed by atoms with Crippen LogP contribution in [0.3, 0.4) is 0 Å². The van der Waals surface area contributed by atoms with Crippen molar-refractivity contribution in [2.24, 2.45) is 0 Å². The monoisotopic (exact) mass is 351 g/mol. The van der Waals surface area contributed by atoms with Crippen molar-refractivity contribution in [1.82, 2.24) is 0 Å². The Labute approximate surface area is 130 Å². The molecule has 0 spiro atoms. The van der Waals surface area contributed by atoms with Crippen LogP contribution in [0.25, 0.3) is 0 Å². The second-order valence-electron chi connectivity index (χ2n) is 4.00. The zero-order valence-corrected chi connectivity index (χ0v) is 13.0. The van der Waals surface area contributed by atoms with Gasteiger partial charge in [-0.25, -0.2) is 0 Å². The van der Waals surface area contributed by atoms with Crippen LogP contribution in [0.2, 0.25) is 5.02 Å². The Morgan fingerprint density at radius 2 is 2.00 bits per heavy atom. The number of hydrogen-bond acceptors (Lipinski definition) is 3. The first-order valence-corrected chi connectivity index (χ1v) is 6.96. The predicted octanol–water partition coefficient (Wildman–Crippen LogP) is 4.56. The molecule has 5 heteroatoms. The summed E-state index contributed by atoms with van der Waals surface area (Å²) in [5, 5.41) is 9.48. The van der Waals surface area contributed by atoms with Crippen LogP contribution in [0.4, 0.5) is 0 Å². The fourth-order valence-electron chi connectivity index (χ4n) is 1.65. The Morgan fingerprint density at radius 1 is 1.20 bits per heavy atom. The molecule has 0 aliphatic rings. The van der Waals surface area contributed by atoms with Gasteiger partial charge in [-0.05, 0) is 24.3 Å². The molecule has 2 rings (SSSR count). The molecule has 2 aromatic rings. The zero-order valence-electron chi connectivity index (χ0n) is 10.7. The van der Waals surface area contributed by atoms with Gasteiger partial charge < -0.3 is 9.47 Å². The van der Waals surface area contributed by atoms with Crippen molar-refractivity contribution in [3.63, 3.8) is 0 Å². The minimum Gasteiger partial charge on any atom is -0.493 e. The molecule has 20 heavy (non-hydrogen) atoms. The van der Waals surface area contributed by atoms with Gasteiger partial charge in [0.25, 0.3) is 0 Å². The van der Waals surface area contributed by atoms with Crippen LogP contribution in [-0.2, 0) is 6.61 Å². The van der Waals surface area contributed by atoms with Crippen LogP contribution < -0.4 is 9.47 Å². The van der Waals surface area contributed by atoms with E-state index in [1.807, 2.05) is 18.2 Å². The molecule has 0 saturated carbocycles. The third-order valence-corrected chi connectivity index (χ3v) is 3.54. The van der Waals surface area contributed by atoms with Crippen LogP contribution in [0.15, 0.2) is 40.9 Å². The SMILES string of the molecule is COc1cc(C#N)ccc1OCc1ccc(Br)cc1Cl. The minimum absolute atomic E-state index is 0.328. The number of nitriles is 1. The number of halogens is 2. The Balaban J connectivity index is 2.16. The van der Waals surface area contributed by atoms with Crippen LogP contribution in [-0.4, -0.2) is 7.11 Å². The van der Waals surface area contributed by atoms with E-state index in [1.54, 1.807) is 18.2 Å². The summed E-state index contributed by atoms with van der Waals surface area (Å²) in [6.07, 6.45) is 0. The van der Waals surface area contributed by atoms with Gasteiger partial charge in [0.15, 0.2) is 11.5 Å². The lowest BCUT2D eigenvalue weighted by Crippen LogP contribution is -1.98. The summed E-state index contributed by atoms with van der Waals surface area (Å²) in [6, 6.07) is 12.7. The number of benzene rings is 2. The van der Waals surface area contributed by atoms with Gasteiger partial charge >= 0.3 is 0 Å². The first-order chi connectivity index (χ1) is 9.63. The number of rotatable bonds is 4. The molecule has 0 aromatic heterocycles. The largest absolute Gasteiger partial charge is 0.493 e. The lowest BCUT2D eigenvalue weighted by atomic mass is 10.2. The topological polar surface area (TPSA) is 42.2 Å². The van der Waals surface area contributed by atoms with Crippen molar-refractivity contribution in [3.8, 4) is 17.6 Å². The average Bonchev–Trinajstić information content (AvgIpc) is 2.46. The summed E-state index contributed by atoms with van der Waals surface area (Å²) in [7, 11) is 1.54. The quantitative estimate of drug-likeness (QED) is 0.810. The first kappa shape index (κ1) is 14.7. The highest BCUT2D eigenvalue weighted by atomic mass is 79.9. The van der Waals surface area contributed by atoms with Crippen LogP contribution in [0.5, 0.6) is 11.5 Å². The van der Waals surface area contributed by atoms with E-state index in [-0.39, 0.29) is 0 Å². The maximum Gasteiger partial charge on any atom is 0.162 e. The van der Waals surface area contributed by atoms with Crippen LogP contribution >= 0.6 is 27.5 Å². The van der Waals surface area contributed by atoms with Gasteiger partial charge in [-0.2, -0.15) is 5.26 Å². The van der Waals surface area contributed by atoms with E-state index >= 15 is 0 Å². The molecule has 2 aromatic carbocycles. The summed E-state index contributed by atoms with van der Waals surface area (Å²) in [6.45, 7) is 0.328. The van der Waals surface area contributed by atoms with E-state index < -0.39 is 0 Å². The molecule has 0 heterocycles. The van der Waals surface area contributed by atoms with E-state index in [9.17, 15) is 0 Å². The van der Waals surface area contributed by atoms with Crippen molar-refractivity contribution in [1.29, 1.82) is 5.26 Å². The molecular formula is C15H11BrClNO2. The summed E-state index contributed by atoms with van der Waals surface area (Å²) < 4.78 is 11.8. The van der Waals surface area contributed by atoms with E-state index in [2.05, 4.69) is 22.0 Å². The van der Waals surface area contributed by atoms with Crippen LogP contribution in [0.1, 0.15) is 11.1 Å². The normalized spacial score (nSPS) is 9.90. The summed E-state index contributed by atoms with van der Waals surface area (Å²) in [5.74, 6) is 1.10. The third-order valence-electron chi connectivity index (χ3n) is 2.69. The fourth-order valence-corrected chi connectivity index (χ4v) is 2.38. The molecule has 102 valence electrons. The van der Waals surface area contributed by atoms with Gasteiger partial charge in [-0.1, -0.05) is 33.6 Å². The molecule has 0 N–H and O–H groups in total. The Morgan fingerprint density at radius 3 is 2.65 bits per heavy atom. The summed E-state index contributed by atoms with van der Waals surface area (Å²) in [5.41, 5.74) is 1.40. The van der Waals surface area contributed by atoms with E-state index in [0.717, 1.165) is 10.0 Å². The Hall–Kier alpha value is -1.70. The van der Waals surface area contributed by atoms with Gasteiger partial charge in [0, 0.05) is 21.1 Å². The smallest absolute Gasteiger partial charge is 0.162 e. The molecule has 0 atom stereocenters. The molecule has 0 radical (unpaired) electrons. The number of methoxy groups -OCH3 is 1. The number of hydrogen-bond donors (Lipinski definition) is 0. The van der Waals surface area contributed by atoms with Gasteiger partial charge in [0.1, 0.15) is 6.61 Å². The number of ether oxygens (including phenoxy) is 2. The molecule has 0 unspecified atom stereocenters. The molecule has 0 aliphatic carbocycles. The highest BCUT2D eigenvalue weighted by molar-refractivity contribution is 9.10. The fraction of sp³-hybridized carbons (Fsp3) is 0.133. The van der Waals surface area contributed by atoms with Gasteiger partial charge in [-0.15, -0.1) is 0 Å². The number of nitrogens with zero attached hydrogens (tertiary/aromatic N) is 1. The standard InChI is InChI=1S/C15H11BrClNO2/c1-19-15-6-10(8-18)2-5-14(15)20-9-11-3-4-12(16)7-13(11)17/h2-7H,9H2,1H3. The second kappa shape index (κ2) is 6.65. The maximum absolute atomic E-state index is 8.85. The van der Waals surface area contributed by atoms with Gasteiger partial charge in [0.05, 0.1) is 18.7 Å². The van der Waals surface area contributed by atoms with Crippen molar-refractivity contribution >= 4 is 27.5 Å². The van der Waals surface area contributed by atoms with Crippen LogP contribution in [0, 0.1) is 11.3 Å². The highest BCUT2D eigenvalue weighted by Gasteiger charge is 2.07. The lowest BCUT2D eigenvalue weighted by molar-refractivity contribution is 0.284. The molecular weight excluding hydrogens is 342 g/mol. The van der Waals surface area contributed by atoms with Gasteiger partial charge in [-0.3, -0.25) is 0 Å². The van der Waals surface area contributed by atoms with Gasteiger partial charge in [0.2, 0.25) is 0 Å². The van der Waals surface area contributed by atoms with E-state index in [0.29, 0.717) is 28.7 Å².